The highest BCUT2D eigenvalue weighted by atomic mass is 32.2. The van der Waals surface area contributed by atoms with Crippen LogP contribution in [0, 0.1) is 0 Å². The summed E-state index contributed by atoms with van der Waals surface area (Å²) in [5.74, 6) is 0. The van der Waals surface area contributed by atoms with Crippen LogP contribution in [0.15, 0.2) is 149 Å². The summed E-state index contributed by atoms with van der Waals surface area (Å²) < 4.78 is 2.41. The Morgan fingerprint density at radius 1 is 0.400 bits per heavy atom. The Labute approximate surface area is 236 Å². The Hall–Kier alpha value is -4.79. The van der Waals surface area contributed by atoms with Gasteiger partial charge in [0.1, 0.15) is 0 Å². The molecule has 40 heavy (non-hydrogen) atoms. The van der Waals surface area contributed by atoms with Gasteiger partial charge in [-0.1, -0.05) is 109 Å². The third-order valence-corrected chi connectivity index (χ3v) is 9.51. The molecular weight excluding hydrogens is 502 g/mol. The molecule has 2 heteroatoms. The largest absolute Gasteiger partial charge is 0.309 e. The molecule has 7 aromatic carbocycles. The van der Waals surface area contributed by atoms with Crippen LogP contribution in [0.5, 0.6) is 0 Å². The van der Waals surface area contributed by atoms with Gasteiger partial charge in [0.2, 0.25) is 0 Å². The van der Waals surface area contributed by atoms with Crippen molar-refractivity contribution < 1.29 is 0 Å². The lowest BCUT2D eigenvalue weighted by atomic mass is 9.90. The molecule has 1 aromatic heterocycles. The molecular formula is C38H23NS. The first-order valence-corrected chi connectivity index (χ1v) is 14.5. The van der Waals surface area contributed by atoms with Gasteiger partial charge in [-0.15, -0.1) is 0 Å². The monoisotopic (exact) mass is 525 g/mol. The molecule has 0 aliphatic carbocycles. The van der Waals surface area contributed by atoms with Crippen LogP contribution in [0.2, 0.25) is 0 Å². The average molecular weight is 526 g/mol. The highest BCUT2D eigenvalue weighted by molar-refractivity contribution is 7.99. The second-order valence-electron chi connectivity index (χ2n) is 10.5. The topological polar surface area (TPSA) is 4.93 Å². The minimum atomic E-state index is 1.18. The molecule has 0 atom stereocenters. The highest BCUT2D eigenvalue weighted by Gasteiger charge is 2.21. The Balaban J connectivity index is 1.37. The second kappa shape index (κ2) is 8.35. The summed E-state index contributed by atoms with van der Waals surface area (Å²) in [6.07, 6.45) is 0. The van der Waals surface area contributed by atoms with Gasteiger partial charge in [-0.25, -0.2) is 0 Å². The van der Waals surface area contributed by atoms with Crippen molar-refractivity contribution in [3.05, 3.63) is 140 Å². The van der Waals surface area contributed by atoms with Crippen LogP contribution in [0.3, 0.4) is 0 Å². The van der Waals surface area contributed by atoms with Gasteiger partial charge in [0.15, 0.2) is 0 Å². The lowest BCUT2D eigenvalue weighted by Crippen LogP contribution is -1.95. The molecule has 0 saturated carbocycles. The summed E-state index contributed by atoms with van der Waals surface area (Å²) in [4.78, 5) is 2.66. The zero-order chi connectivity index (χ0) is 26.2. The first-order chi connectivity index (χ1) is 19.8. The van der Waals surface area contributed by atoms with Crippen LogP contribution in [-0.2, 0) is 0 Å². The second-order valence-corrected chi connectivity index (χ2v) is 11.6. The summed E-state index contributed by atoms with van der Waals surface area (Å²) in [5, 5.41) is 7.79. The van der Waals surface area contributed by atoms with Gasteiger partial charge < -0.3 is 4.57 Å². The third kappa shape index (κ3) is 3.05. The maximum atomic E-state index is 2.41. The minimum absolute atomic E-state index is 1.18. The van der Waals surface area contributed by atoms with Crippen LogP contribution >= 0.6 is 11.8 Å². The first-order valence-electron chi connectivity index (χ1n) is 13.7. The number of para-hydroxylation sites is 2. The summed E-state index contributed by atoms with van der Waals surface area (Å²) in [6.45, 7) is 0. The molecule has 0 radical (unpaired) electrons. The smallest absolute Gasteiger partial charge is 0.0547 e. The van der Waals surface area contributed by atoms with Gasteiger partial charge in [-0.2, -0.15) is 0 Å². The predicted octanol–water partition coefficient (Wildman–Crippen LogP) is 10.9. The minimum Gasteiger partial charge on any atom is -0.309 e. The van der Waals surface area contributed by atoms with Crippen molar-refractivity contribution in [2.24, 2.45) is 0 Å². The van der Waals surface area contributed by atoms with Gasteiger partial charge in [0, 0.05) is 31.6 Å². The molecule has 1 aliphatic heterocycles. The summed E-state index contributed by atoms with van der Waals surface area (Å²) in [5.41, 5.74) is 8.87. The van der Waals surface area contributed by atoms with E-state index < -0.39 is 0 Å². The SMILES string of the molecule is c1ccc(-n2c3ccccc3c3cc4cccc(-c5ccc6c7c(cccc57)-c5ccccc5S6)c4cc32)cc1. The van der Waals surface area contributed by atoms with Crippen LogP contribution in [0.1, 0.15) is 0 Å². The molecule has 0 N–H and O–H groups in total. The van der Waals surface area contributed by atoms with Gasteiger partial charge >= 0.3 is 0 Å². The lowest BCUT2D eigenvalue weighted by molar-refractivity contribution is 1.18. The normalized spacial score (nSPS) is 12.4. The van der Waals surface area contributed by atoms with Crippen LogP contribution in [-0.4, -0.2) is 4.57 Å². The Morgan fingerprint density at radius 3 is 2.08 bits per heavy atom. The molecule has 186 valence electrons. The Kier molecular flexibility index (Phi) is 4.61. The molecule has 1 aliphatic rings. The van der Waals surface area contributed by atoms with E-state index in [1.165, 1.54) is 81.1 Å². The molecule has 8 aromatic rings. The van der Waals surface area contributed by atoms with Crippen molar-refractivity contribution in [2.45, 2.75) is 9.79 Å². The highest BCUT2D eigenvalue weighted by Crippen LogP contribution is 2.50. The van der Waals surface area contributed by atoms with E-state index >= 15 is 0 Å². The molecule has 2 heterocycles. The van der Waals surface area contributed by atoms with Crippen molar-refractivity contribution in [1.29, 1.82) is 0 Å². The van der Waals surface area contributed by atoms with Gasteiger partial charge in [-0.05, 0) is 80.9 Å². The van der Waals surface area contributed by atoms with Gasteiger partial charge in [0.05, 0.1) is 11.0 Å². The summed E-state index contributed by atoms with van der Waals surface area (Å²) >= 11 is 1.88. The van der Waals surface area contributed by atoms with E-state index in [-0.39, 0.29) is 0 Å². The predicted molar refractivity (Wildman–Crippen MR) is 171 cm³/mol. The van der Waals surface area contributed by atoms with E-state index in [1.54, 1.807) is 0 Å². The zero-order valence-corrected chi connectivity index (χ0v) is 22.5. The average Bonchev–Trinajstić information content (AvgIpc) is 3.34. The fourth-order valence-corrected chi connectivity index (χ4v) is 7.78. The number of nitrogens with zero attached hydrogens (tertiary/aromatic N) is 1. The lowest BCUT2D eigenvalue weighted by Gasteiger charge is -2.22. The molecule has 0 fully saturated rings. The number of hydrogen-bond donors (Lipinski definition) is 0. The number of aromatic nitrogens is 1. The van der Waals surface area contributed by atoms with E-state index in [9.17, 15) is 0 Å². The Morgan fingerprint density at radius 2 is 1.12 bits per heavy atom. The van der Waals surface area contributed by atoms with Crippen molar-refractivity contribution in [2.75, 3.05) is 0 Å². The zero-order valence-electron chi connectivity index (χ0n) is 21.6. The van der Waals surface area contributed by atoms with E-state index in [0.717, 1.165) is 0 Å². The molecule has 9 rings (SSSR count). The van der Waals surface area contributed by atoms with E-state index in [4.69, 9.17) is 0 Å². The Bertz CT molecular complexity index is 2290. The van der Waals surface area contributed by atoms with Crippen LogP contribution in [0.25, 0.3) is 71.3 Å². The molecule has 0 saturated heterocycles. The molecule has 1 nitrogen and oxygen atoms in total. The number of hydrogen-bond acceptors (Lipinski definition) is 1. The maximum Gasteiger partial charge on any atom is 0.0547 e. The molecule has 0 bridgehead atoms. The summed E-state index contributed by atoms with van der Waals surface area (Å²) in [6, 6.07) is 51.2. The molecule has 0 unspecified atom stereocenters. The standard InChI is InChI=1S/C38H23NS/c1-2-11-25(12-3-1)39-34-18-6-4-13-28(34)33-22-24-10-8-15-26(32(24)23-35(33)39)27-20-21-37-38-30(27)16-9-17-31(38)29-14-5-7-19-36(29)40-37/h1-23H. The van der Waals surface area contributed by atoms with Gasteiger partial charge in [0.25, 0.3) is 0 Å². The summed E-state index contributed by atoms with van der Waals surface area (Å²) in [7, 11) is 0. The molecule has 0 amide bonds. The number of fused-ring (bicyclic) bond motifs is 6. The van der Waals surface area contributed by atoms with E-state index in [1.807, 2.05) is 11.8 Å². The fourth-order valence-electron chi connectivity index (χ4n) is 6.65. The van der Waals surface area contributed by atoms with Crippen molar-refractivity contribution in [3.63, 3.8) is 0 Å². The third-order valence-electron chi connectivity index (χ3n) is 8.38. The van der Waals surface area contributed by atoms with Crippen molar-refractivity contribution >= 4 is 55.1 Å². The van der Waals surface area contributed by atoms with E-state index in [2.05, 4.69) is 144 Å². The van der Waals surface area contributed by atoms with E-state index in [0.29, 0.717) is 0 Å². The van der Waals surface area contributed by atoms with Crippen LogP contribution in [0.4, 0.5) is 0 Å². The maximum absolute atomic E-state index is 2.41. The van der Waals surface area contributed by atoms with Crippen LogP contribution < -0.4 is 0 Å². The van der Waals surface area contributed by atoms with Crippen molar-refractivity contribution in [1.82, 2.24) is 4.57 Å². The first kappa shape index (κ1) is 22.1. The van der Waals surface area contributed by atoms with Gasteiger partial charge in [-0.3, -0.25) is 0 Å². The fraction of sp³-hybridized carbons (Fsp3) is 0. The van der Waals surface area contributed by atoms with Crippen molar-refractivity contribution in [3.8, 4) is 27.9 Å². The molecule has 0 spiro atoms. The quantitative estimate of drug-likeness (QED) is 0.217. The number of rotatable bonds is 2. The number of benzene rings is 7.